The van der Waals surface area contributed by atoms with Crippen LogP contribution in [0, 0.1) is 11.8 Å². The Bertz CT molecular complexity index is 488. The summed E-state index contributed by atoms with van der Waals surface area (Å²) in [6.07, 6.45) is 3.23. The number of rotatable bonds is 2. The predicted octanol–water partition coefficient (Wildman–Crippen LogP) is 0.637. The van der Waals surface area contributed by atoms with Gasteiger partial charge in [-0.1, -0.05) is 24.0 Å². The molecule has 1 heterocycles. The van der Waals surface area contributed by atoms with E-state index in [1.807, 2.05) is 24.3 Å². The smallest absolute Gasteiger partial charge is 0.137 e. The Labute approximate surface area is 94.1 Å². The molecule has 16 heavy (non-hydrogen) atoms. The third-order valence-corrected chi connectivity index (χ3v) is 2.10. The highest BCUT2D eigenvalue weighted by Crippen LogP contribution is 2.04. The van der Waals surface area contributed by atoms with Crippen LogP contribution in [0.1, 0.15) is 11.1 Å². The van der Waals surface area contributed by atoms with Crippen molar-refractivity contribution in [1.82, 2.24) is 14.8 Å². The number of hydrogen-bond donors (Lipinski definition) is 1. The minimum absolute atomic E-state index is 0.390. The Hall–Kier alpha value is -2.12. The van der Waals surface area contributed by atoms with Crippen LogP contribution in [0.25, 0.3) is 0 Å². The third kappa shape index (κ3) is 2.69. The highest BCUT2D eigenvalue weighted by Gasteiger charge is 1.95. The maximum absolute atomic E-state index is 5.30. The summed E-state index contributed by atoms with van der Waals surface area (Å²) in [4.78, 5) is 3.89. The highest BCUT2D eigenvalue weighted by atomic mass is 15.3. The topological polar surface area (TPSA) is 56.7 Å². The Kier molecular flexibility index (Phi) is 3.31. The molecule has 0 fully saturated rings. The molecule has 0 atom stereocenters. The fourth-order valence-corrected chi connectivity index (χ4v) is 1.35. The number of hydrogen-bond acceptors (Lipinski definition) is 3. The molecule has 0 aliphatic carbocycles. The van der Waals surface area contributed by atoms with Crippen molar-refractivity contribution in [2.45, 2.75) is 6.54 Å². The molecule has 0 aliphatic rings. The van der Waals surface area contributed by atoms with E-state index in [2.05, 4.69) is 21.9 Å². The van der Waals surface area contributed by atoms with Crippen molar-refractivity contribution in [2.24, 2.45) is 5.73 Å². The molecule has 2 rings (SSSR count). The lowest BCUT2D eigenvalue weighted by atomic mass is 10.1. The minimum atomic E-state index is 0.390. The van der Waals surface area contributed by atoms with Gasteiger partial charge in [-0.3, -0.25) is 0 Å². The van der Waals surface area contributed by atoms with Gasteiger partial charge in [0.15, 0.2) is 0 Å². The van der Waals surface area contributed by atoms with E-state index in [1.54, 1.807) is 11.0 Å². The van der Waals surface area contributed by atoms with E-state index in [-0.39, 0.29) is 0 Å². The van der Waals surface area contributed by atoms with E-state index in [1.165, 1.54) is 11.9 Å². The molecule has 0 aliphatic heterocycles. The van der Waals surface area contributed by atoms with E-state index in [0.717, 1.165) is 12.1 Å². The average Bonchev–Trinajstić information content (AvgIpc) is 2.81. The van der Waals surface area contributed by atoms with E-state index in [9.17, 15) is 0 Å². The van der Waals surface area contributed by atoms with Gasteiger partial charge in [0, 0.05) is 5.56 Å². The van der Waals surface area contributed by atoms with Crippen molar-refractivity contribution in [3.05, 3.63) is 48.0 Å². The normalized spacial score (nSPS) is 9.56. The van der Waals surface area contributed by atoms with Gasteiger partial charge >= 0.3 is 0 Å². The molecule has 0 bridgehead atoms. The van der Waals surface area contributed by atoms with Crippen LogP contribution >= 0.6 is 0 Å². The lowest BCUT2D eigenvalue weighted by molar-refractivity contribution is 0.685. The monoisotopic (exact) mass is 212 g/mol. The summed E-state index contributed by atoms with van der Waals surface area (Å²) >= 11 is 0. The van der Waals surface area contributed by atoms with E-state index in [4.69, 9.17) is 5.73 Å². The largest absolute Gasteiger partial charge is 0.320 e. The Morgan fingerprint density at radius 2 is 2.06 bits per heavy atom. The van der Waals surface area contributed by atoms with Gasteiger partial charge in [0.05, 0.1) is 13.1 Å². The van der Waals surface area contributed by atoms with E-state index in [0.29, 0.717) is 6.54 Å². The van der Waals surface area contributed by atoms with Gasteiger partial charge in [0.25, 0.3) is 0 Å². The van der Waals surface area contributed by atoms with Gasteiger partial charge in [-0.05, 0) is 17.7 Å². The number of aromatic nitrogens is 3. The van der Waals surface area contributed by atoms with Crippen molar-refractivity contribution in [2.75, 3.05) is 6.54 Å². The standard InChI is InChI=1S/C12H12N4/c13-7-1-2-11-3-5-12(6-4-11)8-16-10-14-9-15-16/h3-6,9-10H,7-8,13H2. The maximum Gasteiger partial charge on any atom is 0.137 e. The Balaban J connectivity index is 2.07. The highest BCUT2D eigenvalue weighted by molar-refractivity contribution is 5.36. The van der Waals surface area contributed by atoms with Crippen molar-refractivity contribution in [3.8, 4) is 11.8 Å². The summed E-state index contributed by atoms with van der Waals surface area (Å²) < 4.78 is 1.78. The summed E-state index contributed by atoms with van der Waals surface area (Å²) in [6.45, 7) is 1.12. The van der Waals surface area contributed by atoms with Crippen LogP contribution in [0.15, 0.2) is 36.9 Å². The quantitative estimate of drug-likeness (QED) is 0.743. The maximum atomic E-state index is 5.30. The lowest BCUT2D eigenvalue weighted by Gasteiger charge is -2.00. The van der Waals surface area contributed by atoms with Crippen LogP contribution in [0.2, 0.25) is 0 Å². The molecule has 2 aromatic rings. The average molecular weight is 212 g/mol. The van der Waals surface area contributed by atoms with Crippen molar-refractivity contribution < 1.29 is 0 Å². The summed E-state index contributed by atoms with van der Waals surface area (Å²) in [5.74, 6) is 5.80. The second kappa shape index (κ2) is 5.10. The predicted molar refractivity (Wildman–Crippen MR) is 61.5 cm³/mol. The number of nitrogens with zero attached hydrogens (tertiary/aromatic N) is 3. The SMILES string of the molecule is NCC#Cc1ccc(Cn2cncn2)cc1. The van der Waals surface area contributed by atoms with Gasteiger partial charge in [-0.15, -0.1) is 0 Å². The third-order valence-electron chi connectivity index (χ3n) is 2.10. The molecule has 2 N–H and O–H groups in total. The molecule has 0 saturated carbocycles. The van der Waals surface area contributed by atoms with Gasteiger partial charge in [-0.2, -0.15) is 5.10 Å². The molecular weight excluding hydrogens is 200 g/mol. The summed E-state index contributed by atoms with van der Waals surface area (Å²) in [6, 6.07) is 8.02. The molecule has 4 heteroatoms. The summed E-state index contributed by atoms with van der Waals surface area (Å²) in [5, 5.41) is 4.04. The summed E-state index contributed by atoms with van der Waals surface area (Å²) in [7, 11) is 0. The molecule has 0 amide bonds. The van der Waals surface area contributed by atoms with Crippen molar-refractivity contribution in [3.63, 3.8) is 0 Å². The Morgan fingerprint density at radius 3 is 2.69 bits per heavy atom. The molecule has 0 spiro atoms. The van der Waals surface area contributed by atoms with Gasteiger partial charge < -0.3 is 5.73 Å². The molecule has 1 aromatic heterocycles. The van der Waals surface area contributed by atoms with Gasteiger partial charge in [0.1, 0.15) is 12.7 Å². The zero-order valence-electron chi connectivity index (χ0n) is 8.80. The van der Waals surface area contributed by atoms with E-state index >= 15 is 0 Å². The first-order chi connectivity index (χ1) is 7.88. The second-order valence-electron chi connectivity index (χ2n) is 3.30. The second-order valence-corrected chi connectivity index (χ2v) is 3.30. The van der Waals surface area contributed by atoms with Gasteiger partial charge in [0.2, 0.25) is 0 Å². The van der Waals surface area contributed by atoms with Gasteiger partial charge in [-0.25, -0.2) is 9.67 Å². The molecule has 1 aromatic carbocycles. The van der Waals surface area contributed by atoms with Crippen LogP contribution in [-0.2, 0) is 6.54 Å². The van der Waals surface area contributed by atoms with Crippen LogP contribution in [0.3, 0.4) is 0 Å². The zero-order valence-corrected chi connectivity index (χ0v) is 8.80. The Morgan fingerprint density at radius 1 is 1.25 bits per heavy atom. The van der Waals surface area contributed by atoms with Crippen molar-refractivity contribution >= 4 is 0 Å². The molecular formula is C12H12N4. The van der Waals surface area contributed by atoms with Crippen molar-refractivity contribution in [1.29, 1.82) is 0 Å². The lowest BCUT2D eigenvalue weighted by Crippen LogP contribution is -1.99. The molecule has 0 radical (unpaired) electrons. The van der Waals surface area contributed by atoms with E-state index < -0.39 is 0 Å². The number of benzene rings is 1. The minimum Gasteiger partial charge on any atom is -0.320 e. The summed E-state index contributed by atoms with van der Waals surface area (Å²) in [5.41, 5.74) is 7.45. The first kappa shape index (κ1) is 10.4. The zero-order chi connectivity index (χ0) is 11.2. The van der Waals surface area contributed by atoms with Crippen LogP contribution in [0.4, 0.5) is 0 Å². The first-order valence-electron chi connectivity index (χ1n) is 4.99. The fraction of sp³-hybridized carbons (Fsp3) is 0.167. The number of nitrogens with two attached hydrogens (primary N) is 1. The van der Waals surface area contributed by atoms with Crippen LogP contribution in [0.5, 0.6) is 0 Å². The molecule has 4 nitrogen and oxygen atoms in total. The van der Waals surface area contributed by atoms with Crippen LogP contribution in [-0.4, -0.2) is 21.3 Å². The first-order valence-corrected chi connectivity index (χ1v) is 4.99. The van der Waals surface area contributed by atoms with Crippen LogP contribution < -0.4 is 5.73 Å². The molecule has 80 valence electrons. The molecule has 0 saturated heterocycles. The fourth-order valence-electron chi connectivity index (χ4n) is 1.35. The molecule has 0 unspecified atom stereocenters.